The number of carbonyl (C=O) groups is 1. The Hall–Kier alpha value is -1.21. The number of carbonyl (C=O) groups excluding carboxylic acids is 1. The van der Waals surface area contributed by atoms with E-state index in [9.17, 15) is 9.18 Å². The van der Waals surface area contributed by atoms with Crippen molar-refractivity contribution in [3.8, 4) is 0 Å². The number of benzene rings is 1. The number of halogens is 2. The number of hydrogen-bond donors (Lipinski definition) is 2. The summed E-state index contributed by atoms with van der Waals surface area (Å²) >= 11 is 0. The van der Waals surface area contributed by atoms with Gasteiger partial charge in [0, 0.05) is 19.6 Å². The SMILES string of the molecule is CNCC(=O)NCC(c1ccc(F)cc1)N1CCOCC1.Cl. The van der Waals surface area contributed by atoms with Crippen molar-refractivity contribution < 1.29 is 13.9 Å². The molecule has 22 heavy (non-hydrogen) atoms. The van der Waals surface area contributed by atoms with Crippen molar-refractivity contribution in [1.29, 1.82) is 0 Å². The van der Waals surface area contributed by atoms with E-state index in [1.165, 1.54) is 12.1 Å². The molecule has 1 aromatic rings. The molecule has 1 aliphatic heterocycles. The van der Waals surface area contributed by atoms with Gasteiger partial charge < -0.3 is 15.4 Å². The van der Waals surface area contributed by atoms with Gasteiger partial charge in [0.2, 0.25) is 5.91 Å². The number of hydrogen-bond acceptors (Lipinski definition) is 4. The summed E-state index contributed by atoms with van der Waals surface area (Å²) in [6.07, 6.45) is 0. The van der Waals surface area contributed by atoms with Crippen LogP contribution in [0.2, 0.25) is 0 Å². The van der Waals surface area contributed by atoms with Gasteiger partial charge in [-0.2, -0.15) is 0 Å². The van der Waals surface area contributed by atoms with Crippen molar-refractivity contribution in [3.05, 3.63) is 35.6 Å². The second kappa shape index (κ2) is 9.74. The summed E-state index contributed by atoms with van der Waals surface area (Å²) in [6, 6.07) is 6.51. The molecular formula is C15H23ClFN3O2. The molecule has 1 heterocycles. The Morgan fingerprint density at radius 3 is 2.55 bits per heavy atom. The van der Waals surface area contributed by atoms with Crippen molar-refractivity contribution in [2.24, 2.45) is 0 Å². The van der Waals surface area contributed by atoms with Crippen molar-refractivity contribution in [2.45, 2.75) is 6.04 Å². The van der Waals surface area contributed by atoms with Crippen LogP contribution < -0.4 is 10.6 Å². The van der Waals surface area contributed by atoms with E-state index in [0.29, 0.717) is 26.3 Å². The summed E-state index contributed by atoms with van der Waals surface area (Å²) in [4.78, 5) is 13.9. The van der Waals surface area contributed by atoms with Crippen molar-refractivity contribution in [2.75, 3.05) is 46.4 Å². The molecule has 2 N–H and O–H groups in total. The molecule has 1 atom stereocenters. The van der Waals surface area contributed by atoms with E-state index in [1.807, 2.05) is 0 Å². The number of rotatable bonds is 6. The molecule has 5 nitrogen and oxygen atoms in total. The number of nitrogens with zero attached hydrogens (tertiary/aromatic N) is 1. The molecule has 124 valence electrons. The first-order valence-electron chi connectivity index (χ1n) is 7.19. The van der Waals surface area contributed by atoms with Gasteiger partial charge in [0.1, 0.15) is 5.82 Å². The molecule has 1 aromatic carbocycles. The van der Waals surface area contributed by atoms with Gasteiger partial charge in [0.25, 0.3) is 0 Å². The Morgan fingerprint density at radius 2 is 1.95 bits per heavy atom. The Kier molecular flexibility index (Phi) is 8.34. The zero-order chi connectivity index (χ0) is 15.1. The first-order chi connectivity index (χ1) is 10.2. The zero-order valence-corrected chi connectivity index (χ0v) is 13.5. The fourth-order valence-corrected chi connectivity index (χ4v) is 2.47. The Morgan fingerprint density at radius 1 is 1.32 bits per heavy atom. The van der Waals surface area contributed by atoms with Gasteiger partial charge in [-0.05, 0) is 24.7 Å². The lowest BCUT2D eigenvalue weighted by atomic mass is 10.0. The van der Waals surface area contributed by atoms with Crippen molar-refractivity contribution in [1.82, 2.24) is 15.5 Å². The van der Waals surface area contributed by atoms with Crippen LogP contribution in [-0.4, -0.2) is 57.2 Å². The Bertz CT molecular complexity index is 453. The topological polar surface area (TPSA) is 53.6 Å². The van der Waals surface area contributed by atoms with E-state index >= 15 is 0 Å². The highest BCUT2D eigenvalue weighted by molar-refractivity contribution is 5.85. The normalized spacial score (nSPS) is 16.6. The Labute approximate surface area is 136 Å². The third kappa shape index (κ3) is 5.53. The second-order valence-electron chi connectivity index (χ2n) is 5.05. The molecule has 0 bridgehead atoms. The van der Waals surface area contributed by atoms with Gasteiger partial charge in [-0.1, -0.05) is 12.1 Å². The summed E-state index contributed by atoms with van der Waals surface area (Å²) in [5.41, 5.74) is 1.00. The molecule has 1 unspecified atom stereocenters. The lowest BCUT2D eigenvalue weighted by Gasteiger charge is -2.35. The highest BCUT2D eigenvalue weighted by Crippen LogP contribution is 2.21. The molecule has 0 aliphatic carbocycles. The maximum atomic E-state index is 13.1. The molecule has 0 radical (unpaired) electrons. The molecule has 1 fully saturated rings. The lowest BCUT2D eigenvalue weighted by molar-refractivity contribution is -0.120. The highest BCUT2D eigenvalue weighted by Gasteiger charge is 2.23. The van der Waals surface area contributed by atoms with Gasteiger partial charge >= 0.3 is 0 Å². The van der Waals surface area contributed by atoms with Crippen LogP contribution in [0.25, 0.3) is 0 Å². The van der Waals surface area contributed by atoms with E-state index in [0.717, 1.165) is 18.7 Å². The quantitative estimate of drug-likeness (QED) is 0.815. The van der Waals surface area contributed by atoms with Crippen LogP contribution in [0.4, 0.5) is 4.39 Å². The van der Waals surface area contributed by atoms with E-state index < -0.39 is 0 Å². The minimum absolute atomic E-state index is 0. The van der Waals surface area contributed by atoms with Crippen LogP contribution in [-0.2, 0) is 9.53 Å². The fourth-order valence-electron chi connectivity index (χ4n) is 2.47. The predicted molar refractivity (Wildman–Crippen MR) is 85.7 cm³/mol. The van der Waals surface area contributed by atoms with Crippen LogP contribution in [0.3, 0.4) is 0 Å². The summed E-state index contributed by atoms with van der Waals surface area (Å²) < 4.78 is 18.5. The molecule has 1 aliphatic rings. The maximum absolute atomic E-state index is 13.1. The average molecular weight is 332 g/mol. The molecule has 7 heteroatoms. The third-order valence-corrected chi connectivity index (χ3v) is 3.57. The number of ether oxygens (including phenoxy) is 1. The third-order valence-electron chi connectivity index (χ3n) is 3.57. The molecule has 0 aromatic heterocycles. The maximum Gasteiger partial charge on any atom is 0.234 e. The smallest absolute Gasteiger partial charge is 0.234 e. The molecule has 1 amide bonds. The van der Waals surface area contributed by atoms with Crippen LogP contribution in [0.5, 0.6) is 0 Å². The molecular weight excluding hydrogens is 309 g/mol. The van der Waals surface area contributed by atoms with Crippen molar-refractivity contribution in [3.63, 3.8) is 0 Å². The first kappa shape index (κ1) is 18.8. The summed E-state index contributed by atoms with van der Waals surface area (Å²) in [5, 5.41) is 5.74. The van der Waals surface area contributed by atoms with Gasteiger partial charge in [0.05, 0.1) is 25.8 Å². The largest absolute Gasteiger partial charge is 0.379 e. The van der Waals surface area contributed by atoms with Gasteiger partial charge in [0.15, 0.2) is 0 Å². The van der Waals surface area contributed by atoms with Crippen LogP contribution in [0, 0.1) is 5.82 Å². The van der Waals surface area contributed by atoms with Gasteiger partial charge in [-0.3, -0.25) is 9.69 Å². The monoisotopic (exact) mass is 331 g/mol. The van der Waals surface area contributed by atoms with Crippen LogP contribution in [0.1, 0.15) is 11.6 Å². The Balaban J connectivity index is 0.00000242. The number of likely N-dealkylation sites (N-methyl/N-ethyl adjacent to an activating group) is 1. The number of nitrogens with one attached hydrogen (secondary N) is 2. The number of morpholine rings is 1. The highest BCUT2D eigenvalue weighted by atomic mass is 35.5. The first-order valence-corrected chi connectivity index (χ1v) is 7.19. The van der Waals surface area contributed by atoms with E-state index in [2.05, 4.69) is 15.5 Å². The standard InChI is InChI=1S/C15H22FN3O2.ClH/c1-17-11-15(20)18-10-14(19-6-8-21-9-7-19)12-2-4-13(16)5-3-12;/h2-5,14,17H,6-11H2,1H3,(H,18,20);1H. The van der Waals surface area contributed by atoms with E-state index in [4.69, 9.17) is 4.74 Å². The zero-order valence-electron chi connectivity index (χ0n) is 12.7. The van der Waals surface area contributed by atoms with Gasteiger partial charge in [-0.25, -0.2) is 4.39 Å². The van der Waals surface area contributed by atoms with Gasteiger partial charge in [-0.15, -0.1) is 12.4 Å². The molecule has 1 saturated heterocycles. The van der Waals surface area contributed by atoms with Crippen molar-refractivity contribution >= 4 is 18.3 Å². The van der Waals surface area contributed by atoms with Crippen LogP contribution >= 0.6 is 12.4 Å². The summed E-state index contributed by atoms with van der Waals surface area (Å²) in [7, 11) is 1.74. The predicted octanol–water partition coefficient (Wildman–Crippen LogP) is 0.956. The average Bonchev–Trinajstić information content (AvgIpc) is 2.50. The molecule has 2 rings (SSSR count). The summed E-state index contributed by atoms with van der Waals surface area (Å²) in [5.74, 6) is -0.295. The molecule has 0 spiro atoms. The second-order valence-corrected chi connectivity index (χ2v) is 5.05. The fraction of sp³-hybridized carbons (Fsp3) is 0.533. The summed E-state index contributed by atoms with van der Waals surface area (Å²) in [6.45, 7) is 3.78. The minimum atomic E-state index is -0.251. The number of amides is 1. The minimum Gasteiger partial charge on any atom is -0.379 e. The molecule has 0 saturated carbocycles. The lowest BCUT2D eigenvalue weighted by Crippen LogP contribution is -2.44. The van der Waals surface area contributed by atoms with E-state index in [-0.39, 0.29) is 30.2 Å². The van der Waals surface area contributed by atoms with E-state index in [1.54, 1.807) is 19.2 Å². The van der Waals surface area contributed by atoms with Crippen LogP contribution in [0.15, 0.2) is 24.3 Å².